The predicted molar refractivity (Wildman–Crippen MR) is 101 cm³/mol. The summed E-state index contributed by atoms with van der Waals surface area (Å²) in [6.45, 7) is 0. The van der Waals surface area contributed by atoms with Gasteiger partial charge in [0.15, 0.2) is 5.88 Å². The zero-order valence-electron chi connectivity index (χ0n) is 14.4. The van der Waals surface area contributed by atoms with Crippen LogP contribution in [0.3, 0.4) is 0 Å². The SMILES string of the molecule is COc1cccc(C2C(CC#N)=C(N)Oc3ccc4ccccc4c32)c1. The first-order valence-corrected chi connectivity index (χ1v) is 8.42. The summed E-state index contributed by atoms with van der Waals surface area (Å²) < 4.78 is 11.3. The molecule has 2 N–H and O–H groups in total. The Morgan fingerprint density at radius 2 is 1.96 bits per heavy atom. The van der Waals surface area contributed by atoms with Crippen molar-refractivity contribution in [3.05, 3.63) is 83.2 Å². The summed E-state index contributed by atoms with van der Waals surface area (Å²) >= 11 is 0. The first kappa shape index (κ1) is 16.0. The summed E-state index contributed by atoms with van der Waals surface area (Å²) in [4.78, 5) is 0. The molecule has 0 aromatic heterocycles. The van der Waals surface area contributed by atoms with Crippen LogP contribution in [-0.2, 0) is 0 Å². The second-order valence-electron chi connectivity index (χ2n) is 6.23. The van der Waals surface area contributed by atoms with Crippen LogP contribution in [0.4, 0.5) is 0 Å². The number of nitrogens with two attached hydrogens (primary N) is 1. The predicted octanol–water partition coefficient (Wildman–Crippen LogP) is 4.46. The second-order valence-corrected chi connectivity index (χ2v) is 6.23. The maximum atomic E-state index is 9.34. The topological polar surface area (TPSA) is 68.3 Å². The number of rotatable bonds is 3. The van der Waals surface area contributed by atoms with Crippen LogP contribution in [0, 0.1) is 11.3 Å². The molecule has 0 saturated carbocycles. The molecule has 1 atom stereocenters. The maximum Gasteiger partial charge on any atom is 0.192 e. The van der Waals surface area contributed by atoms with Crippen LogP contribution in [0.1, 0.15) is 23.5 Å². The van der Waals surface area contributed by atoms with E-state index in [4.69, 9.17) is 15.2 Å². The Hall–Kier alpha value is -3.45. The number of nitriles is 1. The Labute approximate surface area is 152 Å². The zero-order chi connectivity index (χ0) is 18.1. The van der Waals surface area contributed by atoms with Gasteiger partial charge in [0, 0.05) is 17.1 Å². The molecule has 1 aliphatic rings. The molecule has 1 unspecified atom stereocenters. The first-order valence-electron chi connectivity index (χ1n) is 8.42. The monoisotopic (exact) mass is 342 g/mol. The van der Waals surface area contributed by atoms with E-state index in [2.05, 4.69) is 18.2 Å². The number of methoxy groups -OCH3 is 1. The van der Waals surface area contributed by atoms with Crippen molar-refractivity contribution in [1.29, 1.82) is 5.26 Å². The molecule has 3 aromatic carbocycles. The molecular formula is C22H18N2O2. The highest BCUT2D eigenvalue weighted by Gasteiger charge is 2.31. The van der Waals surface area contributed by atoms with Crippen LogP contribution in [0.5, 0.6) is 11.5 Å². The number of ether oxygens (including phenoxy) is 2. The van der Waals surface area contributed by atoms with Gasteiger partial charge in [-0.3, -0.25) is 0 Å². The summed E-state index contributed by atoms with van der Waals surface area (Å²) in [6, 6.07) is 22.3. The van der Waals surface area contributed by atoms with E-state index in [-0.39, 0.29) is 12.3 Å². The molecule has 4 heteroatoms. The van der Waals surface area contributed by atoms with Gasteiger partial charge in [-0.1, -0.05) is 42.5 Å². The highest BCUT2D eigenvalue weighted by Crippen LogP contribution is 2.47. The molecule has 0 aliphatic carbocycles. The molecule has 4 nitrogen and oxygen atoms in total. The number of allylic oxidation sites excluding steroid dienone is 1. The number of hydrogen-bond acceptors (Lipinski definition) is 4. The number of fused-ring (bicyclic) bond motifs is 3. The van der Waals surface area contributed by atoms with Gasteiger partial charge in [0.05, 0.1) is 19.6 Å². The molecular weight excluding hydrogens is 324 g/mol. The minimum Gasteiger partial charge on any atom is -0.497 e. The highest BCUT2D eigenvalue weighted by molar-refractivity contribution is 5.89. The summed E-state index contributed by atoms with van der Waals surface area (Å²) in [6.07, 6.45) is 0.205. The minimum absolute atomic E-state index is 0.153. The lowest BCUT2D eigenvalue weighted by atomic mass is 9.79. The molecule has 4 rings (SSSR count). The number of benzene rings is 3. The van der Waals surface area contributed by atoms with Gasteiger partial charge in [-0.15, -0.1) is 0 Å². The standard InChI is InChI=1S/C22H18N2O2/c1-25-16-7-4-6-15(13-16)20-18(11-12-23)22(24)26-19-10-9-14-5-2-3-8-17(14)21(19)20/h2-10,13,20H,11,24H2,1H3. The van der Waals surface area contributed by atoms with Crippen LogP contribution >= 0.6 is 0 Å². The van der Waals surface area contributed by atoms with Crippen LogP contribution in [0.15, 0.2) is 72.1 Å². The van der Waals surface area contributed by atoms with Crippen molar-refractivity contribution in [3.63, 3.8) is 0 Å². The van der Waals surface area contributed by atoms with Crippen LogP contribution in [0.25, 0.3) is 10.8 Å². The molecule has 0 fully saturated rings. The average Bonchev–Trinajstić information content (AvgIpc) is 2.68. The Bertz CT molecular complexity index is 1060. The van der Waals surface area contributed by atoms with Gasteiger partial charge in [0.25, 0.3) is 0 Å². The molecule has 0 bridgehead atoms. The molecule has 26 heavy (non-hydrogen) atoms. The van der Waals surface area contributed by atoms with E-state index < -0.39 is 0 Å². The summed E-state index contributed by atoms with van der Waals surface area (Å²) in [5.41, 5.74) is 9.04. The first-order chi connectivity index (χ1) is 12.7. The fourth-order valence-electron chi connectivity index (χ4n) is 3.63. The quantitative estimate of drug-likeness (QED) is 0.763. The van der Waals surface area contributed by atoms with Gasteiger partial charge in [-0.05, 0) is 34.5 Å². The van der Waals surface area contributed by atoms with E-state index in [9.17, 15) is 5.26 Å². The van der Waals surface area contributed by atoms with Crippen molar-refractivity contribution in [2.75, 3.05) is 7.11 Å². The molecule has 0 spiro atoms. The third-order valence-electron chi connectivity index (χ3n) is 4.80. The second kappa shape index (κ2) is 6.45. The largest absolute Gasteiger partial charge is 0.497 e. The van der Waals surface area contributed by atoms with Crippen molar-refractivity contribution < 1.29 is 9.47 Å². The lowest BCUT2D eigenvalue weighted by Crippen LogP contribution is -2.22. The molecule has 0 amide bonds. The van der Waals surface area contributed by atoms with E-state index in [1.54, 1.807) is 7.11 Å². The van der Waals surface area contributed by atoms with Gasteiger partial charge in [-0.25, -0.2) is 0 Å². The maximum absolute atomic E-state index is 9.34. The third-order valence-corrected chi connectivity index (χ3v) is 4.80. The van der Waals surface area contributed by atoms with Crippen LogP contribution < -0.4 is 15.2 Å². The van der Waals surface area contributed by atoms with Gasteiger partial charge >= 0.3 is 0 Å². The van der Waals surface area contributed by atoms with Crippen molar-refractivity contribution >= 4 is 10.8 Å². The van der Waals surface area contributed by atoms with Crippen LogP contribution in [-0.4, -0.2) is 7.11 Å². The van der Waals surface area contributed by atoms with Gasteiger partial charge in [-0.2, -0.15) is 5.26 Å². The Kier molecular flexibility index (Phi) is 3.98. The molecule has 128 valence electrons. The van der Waals surface area contributed by atoms with E-state index >= 15 is 0 Å². The summed E-state index contributed by atoms with van der Waals surface area (Å²) in [7, 11) is 1.65. The number of nitrogens with zero attached hydrogens (tertiary/aromatic N) is 1. The van der Waals surface area contributed by atoms with E-state index in [1.165, 1.54) is 0 Å². The minimum atomic E-state index is -0.153. The summed E-state index contributed by atoms with van der Waals surface area (Å²) in [5, 5.41) is 11.6. The normalized spacial score (nSPS) is 15.9. The third kappa shape index (κ3) is 2.55. The van der Waals surface area contributed by atoms with E-state index in [0.717, 1.165) is 39.0 Å². The average molecular weight is 342 g/mol. The number of hydrogen-bond donors (Lipinski definition) is 1. The van der Waals surface area contributed by atoms with Crippen molar-refractivity contribution in [3.8, 4) is 17.6 Å². The van der Waals surface area contributed by atoms with Crippen molar-refractivity contribution in [1.82, 2.24) is 0 Å². The zero-order valence-corrected chi connectivity index (χ0v) is 14.4. The van der Waals surface area contributed by atoms with E-state index in [1.807, 2.05) is 48.5 Å². The molecule has 0 radical (unpaired) electrons. The fraction of sp³-hybridized carbons (Fsp3) is 0.136. The lowest BCUT2D eigenvalue weighted by Gasteiger charge is -2.30. The Balaban J connectivity index is 2.02. The molecule has 1 aliphatic heterocycles. The van der Waals surface area contributed by atoms with Gasteiger partial charge in [0.2, 0.25) is 0 Å². The van der Waals surface area contributed by atoms with E-state index in [0.29, 0.717) is 5.88 Å². The summed E-state index contributed by atoms with van der Waals surface area (Å²) in [5.74, 6) is 1.66. The molecule has 1 heterocycles. The van der Waals surface area contributed by atoms with Crippen molar-refractivity contribution in [2.24, 2.45) is 5.73 Å². The Morgan fingerprint density at radius 3 is 2.77 bits per heavy atom. The highest BCUT2D eigenvalue weighted by atomic mass is 16.5. The van der Waals surface area contributed by atoms with Gasteiger partial charge < -0.3 is 15.2 Å². The fourth-order valence-corrected chi connectivity index (χ4v) is 3.63. The van der Waals surface area contributed by atoms with Gasteiger partial charge in [0.1, 0.15) is 11.5 Å². The van der Waals surface area contributed by atoms with Crippen LogP contribution in [0.2, 0.25) is 0 Å². The molecule has 0 saturated heterocycles. The van der Waals surface area contributed by atoms with Crippen molar-refractivity contribution in [2.45, 2.75) is 12.3 Å². The molecule has 3 aromatic rings. The smallest absolute Gasteiger partial charge is 0.192 e. The Morgan fingerprint density at radius 1 is 1.12 bits per heavy atom. The lowest BCUT2D eigenvalue weighted by molar-refractivity contribution is 0.388.